The molecule has 2 aliphatic rings. The first-order valence-corrected chi connectivity index (χ1v) is 19.8. The Balaban J connectivity index is 1.33. The molecule has 0 aromatic heterocycles. The van der Waals surface area contributed by atoms with Crippen LogP contribution in [0.4, 0.5) is 0 Å². The average molecular weight is 518 g/mol. The summed E-state index contributed by atoms with van der Waals surface area (Å²) in [6.07, 6.45) is 0. The van der Waals surface area contributed by atoms with Crippen LogP contribution in [-0.4, -0.2) is 64.9 Å². The molecule has 1 saturated heterocycles. The van der Waals surface area contributed by atoms with Gasteiger partial charge in [-0.25, -0.2) is 0 Å². The third kappa shape index (κ3) is 4.50. The van der Waals surface area contributed by atoms with Crippen molar-refractivity contribution < 1.29 is 0 Å². The standard InChI is InChI=1S/C28H35GeN3S/c1-21-12-14-25(15-13-21)29(4)32(20-22(2)33-29)19-18-31-17-16-30-28(31)23(3)26-11-7-9-24-8-5-6-10-27(24)26/h5-15,22-23H,16-20H2,1-4H3. The van der Waals surface area contributed by atoms with Gasteiger partial charge in [-0.3, -0.25) is 0 Å². The minimum atomic E-state index is -2.33. The topological polar surface area (TPSA) is 18.8 Å². The van der Waals surface area contributed by atoms with E-state index in [0.29, 0.717) is 5.92 Å². The maximum atomic E-state index is 5.00. The van der Waals surface area contributed by atoms with Gasteiger partial charge in [0.05, 0.1) is 0 Å². The van der Waals surface area contributed by atoms with Crippen molar-refractivity contribution >= 4 is 43.4 Å². The first-order chi connectivity index (χ1) is 16.0. The summed E-state index contributed by atoms with van der Waals surface area (Å²) in [4.78, 5) is 7.57. The predicted octanol–water partition coefficient (Wildman–Crippen LogP) is 5.38. The van der Waals surface area contributed by atoms with Crippen LogP contribution in [0.1, 0.15) is 30.9 Å². The van der Waals surface area contributed by atoms with E-state index < -0.39 is 12.3 Å². The Morgan fingerprint density at radius 3 is 2.61 bits per heavy atom. The van der Waals surface area contributed by atoms with E-state index in [1.54, 1.807) is 4.40 Å². The van der Waals surface area contributed by atoms with Crippen LogP contribution in [0.2, 0.25) is 5.76 Å². The molecule has 33 heavy (non-hydrogen) atoms. The predicted molar refractivity (Wildman–Crippen MR) is 147 cm³/mol. The maximum absolute atomic E-state index is 5.00. The molecule has 3 aromatic rings. The number of aryl methyl sites for hydroxylation is 1. The molecule has 172 valence electrons. The number of benzene rings is 3. The molecule has 3 atom stereocenters. The molecular formula is C28H35GeN3S. The normalized spacial score (nSPS) is 24.4. The van der Waals surface area contributed by atoms with Crippen molar-refractivity contribution in [2.24, 2.45) is 4.99 Å². The van der Waals surface area contributed by atoms with Crippen molar-refractivity contribution in [2.75, 3.05) is 32.7 Å². The van der Waals surface area contributed by atoms with Gasteiger partial charge in [-0.15, -0.1) is 0 Å². The fourth-order valence-corrected chi connectivity index (χ4v) is 20.7. The van der Waals surface area contributed by atoms with E-state index in [4.69, 9.17) is 4.99 Å². The zero-order valence-electron chi connectivity index (χ0n) is 20.3. The van der Waals surface area contributed by atoms with Gasteiger partial charge in [-0.1, -0.05) is 0 Å². The van der Waals surface area contributed by atoms with Gasteiger partial charge < -0.3 is 0 Å². The van der Waals surface area contributed by atoms with Crippen LogP contribution >= 0.6 is 10.1 Å². The van der Waals surface area contributed by atoms with Gasteiger partial charge in [0, 0.05) is 0 Å². The van der Waals surface area contributed by atoms with Crippen molar-refractivity contribution in [3.63, 3.8) is 0 Å². The molecule has 0 aliphatic carbocycles. The Kier molecular flexibility index (Phi) is 6.61. The molecule has 1 fully saturated rings. The van der Waals surface area contributed by atoms with Crippen LogP contribution in [0.25, 0.3) is 10.8 Å². The first kappa shape index (κ1) is 23.0. The van der Waals surface area contributed by atoms with Crippen molar-refractivity contribution in [3.8, 4) is 0 Å². The van der Waals surface area contributed by atoms with Crippen LogP contribution in [0.15, 0.2) is 71.7 Å². The second-order valence-electron chi connectivity index (χ2n) is 9.74. The molecular weight excluding hydrogens is 483 g/mol. The van der Waals surface area contributed by atoms with Crippen molar-refractivity contribution in [1.29, 1.82) is 0 Å². The summed E-state index contributed by atoms with van der Waals surface area (Å²) >= 11 is -2.33. The van der Waals surface area contributed by atoms with Gasteiger partial charge in [0.25, 0.3) is 0 Å². The zero-order valence-corrected chi connectivity index (χ0v) is 23.2. The molecule has 0 amide bonds. The van der Waals surface area contributed by atoms with Crippen LogP contribution in [0.3, 0.4) is 0 Å². The molecule has 3 nitrogen and oxygen atoms in total. The zero-order chi connectivity index (χ0) is 23.0. The summed E-state index contributed by atoms with van der Waals surface area (Å²) in [5.74, 6) is 4.18. The Morgan fingerprint density at radius 2 is 1.79 bits per heavy atom. The molecule has 3 aromatic carbocycles. The number of hydrogen-bond acceptors (Lipinski definition) is 4. The fraction of sp³-hybridized carbons (Fsp3) is 0.393. The quantitative estimate of drug-likeness (QED) is 0.409. The molecule has 0 bridgehead atoms. The van der Waals surface area contributed by atoms with Gasteiger partial charge in [-0.05, 0) is 0 Å². The number of aliphatic imine (C=N–C) groups is 1. The monoisotopic (exact) mass is 519 g/mol. The summed E-state index contributed by atoms with van der Waals surface area (Å²) in [7, 11) is 2.29. The molecule has 0 N–H and O–H groups in total. The number of fused-ring (bicyclic) bond motifs is 1. The van der Waals surface area contributed by atoms with Crippen molar-refractivity contribution in [3.05, 3.63) is 77.9 Å². The Hall–Kier alpha value is -1.76. The average Bonchev–Trinajstić information content (AvgIpc) is 3.41. The van der Waals surface area contributed by atoms with Crippen LogP contribution in [0, 0.1) is 6.92 Å². The summed E-state index contributed by atoms with van der Waals surface area (Å²) in [6.45, 7) is 12.3. The van der Waals surface area contributed by atoms with Crippen LogP contribution in [-0.2, 0) is 0 Å². The molecule has 0 radical (unpaired) electrons. The molecule has 2 heterocycles. The second kappa shape index (κ2) is 9.48. The second-order valence-corrected chi connectivity index (χ2v) is 23.1. The van der Waals surface area contributed by atoms with Gasteiger partial charge >= 0.3 is 205 Å². The summed E-state index contributed by atoms with van der Waals surface area (Å²) in [5.41, 5.74) is 2.75. The number of rotatable bonds is 6. The van der Waals surface area contributed by atoms with Gasteiger partial charge in [0.1, 0.15) is 0 Å². The van der Waals surface area contributed by atoms with Gasteiger partial charge in [-0.2, -0.15) is 0 Å². The molecule has 5 rings (SSSR count). The van der Waals surface area contributed by atoms with Gasteiger partial charge in [0.2, 0.25) is 0 Å². The van der Waals surface area contributed by atoms with Crippen LogP contribution in [0.5, 0.6) is 0 Å². The van der Waals surface area contributed by atoms with E-state index in [9.17, 15) is 0 Å². The molecule has 2 aliphatic heterocycles. The van der Waals surface area contributed by atoms with Crippen LogP contribution < -0.4 is 4.40 Å². The van der Waals surface area contributed by atoms with E-state index >= 15 is 0 Å². The third-order valence-corrected chi connectivity index (χ3v) is 22.7. The molecule has 5 heteroatoms. The number of nitrogens with zero attached hydrogens (tertiary/aromatic N) is 3. The minimum absolute atomic E-state index is 0.315. The van der Waals surface area contributed by atoms with Gasteiger partial charge in [0.15, 0.2) is 0 Å². The van der Waals surface area contributed by atoms with E-state index in [1.165, 1.54) is 34.3 Å². The Morgan fingerprint density at radius 1 is 1.03 bits per heavy atom. The van der Waals surface area contributed by atoms with Crippen molar-refractivity contribution in [1.82, 2.24) is 8.76 Å². The van der Waals surface area contributed by atoms with E-state index in [-0.39, 0.29) is 0 Å². The van der Waals surface area contributed by atoms with E-state index in [1.807, 2.05) is 0 Å². The molecule has 0 spiro atoms. The third-order valence-electron chi connectivity index (χ3n) is 7.38. The SMILES string of the molecule is Cc1cc[c]([Ge]2([CH3])[S]C(C)C[N]2CCN2CCN=C2C(C)c2cccc3ccccc23)cc1. The first-order valence-electron chi connectivity index (χ1n) is 12.2. The molecule has 3 unspecified atom stereocenters. The number of amidine groups is 1. The molecule has 0 saturated carbocycles. The Labute approximate surface area is 204 Å². The van der Waals surface area contributed by atoms with Crippen molar-refractivity contribution in [2.45, 2.75) is 37.7 Å². The fourth-order valence-electron chi connectivity index (χ4n) is 5.55. The summed E-state index contributed by atoms with van der Waals surface area (Å²) in [5, 5.41) is 3.39. The Bertz CT molecular complexity index is 1160. The van der Waals surface area contributed by atoms with E-state index in [0.717, 1.165) is 31.4 Å². The summed E-state index contributed by atoms with van der Waals surface area (Å²) in [6, 6.07) is 24.8. The summed E-state index contributed by atoms with van der Waals surface area (Å²) < 4.78 is 4.48. The van der Waals surface area contributed by atoms with E-state index in [2.05, 4.69) is 112 Å². The number of hydrogen-bond donors (Lipinski definition) is 0.